The quantitative estimate of drug-likeness (QED) is 0.755. The molecule has 18 heavy (non-hydrogen) atoms. The van der Waals surface area contributed by atoms with Gasteiger partial charge >= 0.3 is 0 Å². The monoisotopic (exact) mass is 246 g/mol. The van der Waals surface area contributed by atoms with Crippen LogP contribution in [0.25, 0.3) is 0 Å². The molecule has 0 bridgehead atoms. The molecule has 1 unspecified atom stereocenters. The fraction of sp³-hybridized carbons (Fsp3) is 0.385. The molecule has 1 aromatic rings. The van der Waals surface area contributed by atoms with E-state index in [1.54, 1.807) is 4.90 Å². The van der Waals surface area contributed by atoms with Crippen LogP contribution in [0.3, 0.4) is 0 Å². The lowest BCUT2D eigenvalue weighted by Crippen LogP contribution is -2.53. The Labute approximate surface area is 105 Å². The Bertz CT molecular complexity index is 476. The molecule has 2 aliphatic rings. The Morgan fingerprint density at radius 2 is 2.22 bits per heavy atom. The van der Waals surface area contributed by atoms with E-state index in [0.29, 0.717) is 19.5 Å². The van der Waals surface area contributed by atoms with E-state index in [2.05, 4.69) is 5.32 Å². The van der Waals surface area contributed by atoms with Crippen molar-refractivity contribution in [1.82, 2.24) is 10.2 Å². The van der Waals surface area contributed by atoms with Crippen LogP contribution in [0.5, 0.6) is 5.75 Å². The van der Waals surface area contributed by atoms with Gasteiger partial charge in [0.05, 0.1) is 6.54 Å². The van der Waals surface area contributed by atoms with Crippen LogP contribution in [-0.2, 0) is 16.0 Å². The molecule has 1 saturated heterocycles. The molecule has 1 aromatic carbocycles. The fourth-order valence-corrected chi connectivity index (χ4v) is 2.35. The molecule has 94 valence electrons. The van der Waals surface area contributed by atoms with Crippen molar-refractivity contribution in [2.24, 2.45) is 0 Å². The van der Waals surface area contributed by atoms with Gasteiger partial charge in [-0.3, -0.25) is 9.59 Å². The Morgan fingerprint density at radius 1 is 1.39 bits per heavy atom. The summed E-state index contributed by atoms with van der Waals surface area (Å²) in [5, 5.41) is 2.70. The molecule has 0 spiro atoms. The van der Waals surface area contributed by atoms with E-state index in [1.165, 1.54) is 0 Å². The molecule has 2 aliphatic heterocycles. The van der Waals surface area contributed by atoms with Crippen molar-refractivity contribution in [3.63, 3.8) is 0 Å². The van der Waals surface area contributed by atoms with Gasteiger partial charge in [0.1, 0.15) is 5.75 Å². The molecule has 1 atom stereocenters. The van der Waals surface area contributed by atoms with Crippen molar-refractivity contribution in [2.75, 3.05) is 19.6 Å². The predicted molar refractivity (Wildman–Crippen MR) is 64.2 cm³/mol. The summed E-state index contributed by atoms with van der Waals surface area (Å²) in [5.74, 6) is 0.573. The van der Waals surface area contributed by atoms with E-state index in [-0.39, 0.29) is 18.4 Å². The first kappa shape index (κ1) is 11.1. The number of nitrogens with zero attached hydrogens (tertiary/aromatic N) is 1. The first-order valence-electron chi connectivity index (χ1n) is 6.04. The first-order chi connectivity index (χ1) is 8.74. The minimum atomic E-state index is -0.478. The number of hydrogen-bond acceptors (Lipinski definition) is 3. The van der Waals surface area contributed by atoms with Crippen molar-refractivity contribution in [2.45, 2.75) is 12.5 Å². The van der Waals surface area contributed by atoms with Crippen LogP contribution in [0.4, 0.5) is 0 Å². The van der Waals surface area contributed by atoms with Gasteiger partial charge in [0.2, 0.25) is 5.91 Å². The molecule has 3 rings (SSSR count). The Kier molecular flexibility index (Phi) is 2.66. The molecule has 0 aromatic heterocycles. The number of rotatable bonds is 1. The van der Waals surface area contributed by atoms with Crippen LogP contribution in [0, 0.1) is 0 Å². The van der Waals surface area contributed by atoms with Crippen molar-refractivity contribution >= 4 is 11.8 Å². The standard InChI is InChI=1S/C13H14N2O3/c16-12-8-15(6-5-14-12)13(17)11-7-9-3-1-2-4-10(9)18-11/h1-4,11H,5-8H2,(H,14,16). The van der Waals surface area contributed by atoms with Gasteiger partial charge in [-0.05, 0) is 11.6 Å². The molecule has 1 N–H and O–H groups in total. The van der Waals surface area contributed by atoms with Gasteiger partial charge in [-0.25, -0.2) is 0 Å². The summed E-state index contributed by atoms with van der Waals surface area (Å²) in [7, 11) is 0. The number of carbonyl (C=O) groups excluding carboxylic acids is 2. The van der Waals surface area contributed by atoms with Gasteiger partial charge in [0.25, 0.3) is 5.91 Å². The molecular formula is C13H14N2O3. The van der Waals surface area contributed by atoms with Gasteiger partial charge in [-0.15, -0.1) is 0 Å². The van der Waals surface area contributed by atoms with E-state index >= 15 is 0 Å². The van der Waals surface area contributed by atoms with Crippen LogP contribution in [-0.4, -0.2) is 42.5 Å². The van der Waals surface area contributed by atoms with Crippen LogP contribution in [0.1, 0.15) is 5.56 Å². The number of benzene rings is 1. The summed E-state index contributed by atoms with van der Waals surface area (Å²) in [6, 6.07) is 7.65. The summed E-state index contributed by atoms with van der Waals surface area (Å²) in [4.78, 5) is 25.1. The van der Waals surface area contributed by atoms with Gasteiger partial charge < -0.3 is 15.0 Å². The summed E-state index contributed by atoms with van der Waals surface area (Å²) in [6.45, 7) is 1.21. The zero-order valence-corrected chi connectivity index (χ0v) is 9.89. The zero-order chi connectivity index (χ0) is 12.5. The fourth-order valence-electron chi connectivity index (χ4n) is 2.35. The minimum Gasteiger partial charge on any atom is -0.480 e. The number of ether oxygens (including phenoxy) is 1. The maximum atomic E-state index is 12.2. The molecule has 0 radical (unpaired) electrons. The molecule has 0 aliphatic carbocycles. The lowest BCUT2D eigenvalue weighted by Gasteiger charge is -2.28. The summed E-state index contributed by atoms with van der Waals surface area (Å²) in [5.41, 5.74) is 1.05. The van der Waals surface area contributed by atoms with Crippen molar-refractivity contribution in [1.29, 1.82) is 0 Å². The highest BCUT2D eigenvalue weighted by Gasteiger charge is 2.33. The topological polar surface area (TPSA) is 58.6 Å². The maximum absolute atomic E-state index is 12.2. The predicted octanol–water partition coefficient (Wildman–Crippen LogP) is -0.0515. The van der Waals surface area contributed by atoms with E-state index in [9.17, 15) is 9.59 Å². The highest BCUT2D eigenvalue weighted by Crippen LogP contribution is 2.28. The SMILES string of the molecule is O=C1CN(C(=O)C2Cc3ccccc3O2)CCN1. The molecular weight excluding hydrogens is 232 g/mol. The van der Waals surface area contributed by atoms with Crippen molar-refractivity contribution in [3.05, 3.63) is 29.8 Å². The molecule has 2 amide bonds. The van der Waals surface area contributed by atoms with Gasteiger partial charge in [-0.1, -0.05) is 18.2 Å². The highest BCUT2D eigenvalue weighted by molar-refractivity contribution is 5.88. The van der Waals surface area contributed by atoms with E-state index in [1.807, 2.05) is 24.3 Å². The molecule has 1 fully saturated rings. The molecule has 5 heteroatoms. The second-order valence-corrected chi connectivity index (χ2v) is 4.53. The minimum absolute atomic E-state index is 0.0962. The Balaban J connectivity index is 1.70. The second-order valence-electron chi connectivity index (χ2n) is 4.53. The third-order valence-corrected chi connectivity index (χ3v) is 3.27. The molecule has 5 nitrogen and oxygen atoms in total. The summed E-state index contributed by atoms with van der Waals surface area (Å²) >= 11 is 0. The number of nitrogens with one attached hydrogen (secondary N) is 1. The normalized spacial score (nSPS) is 22.1. The Hall–Kier alpha value is -2.04. The van der Waals surface area contributed by atoms with Crippen LogP contribution in [0.2, 0.25) is 0 Å². The van der Waals surface area contributed by atoms with Crippen molar-refractivity contribution < 1.29 is 14.3 Å². The number of para-hydroxylation sites is 1. The van der Waals surface area contributed by atoms with Crippen LogP contribution < -0.4 is 10.1 Å². The zero-order valence-electron chi connectivity index (χ0n) is 9.89. The number of hydrogen-bond donors (Lipinski definition) is 1. The molecule has 2 heterocycles. The summed E-state index contributed by atoms with van der Waals surface area (Å²) in [6.07, 6.45) is 0.112. The lowest BCUT2D eigenvalue weighted by molar-refractivity contribution is -0.143. The van der Waals surface area contributed by atoms with Gasteiger partial charge in [0.15, 0.2) is 6.10 Å². The van der Waals surface area contributed by atoms with E-state index < -0.39 is 6.10 Å². The Morgan fingerprint density at radius 3 is 3.00 bits per heavy atom. The maximum Gasteiger partial charge on any atom is 0.264 e. The number of amides is 2. The van der Waals surface area contributed by atoms with Crippen molar-refractivity contribution in [3.8, 4) is 5.75 Å². The van der Waals surface area contributed by atoms with Gasteiger partial charge in [-0.2, -0.15) is 0 Å². The second kappa shape index (κ2) is 4.33. The lowest BCUT2D eigenvalue weighted by atomic mass is 10.1. The molecule has 0 saturated carbocycles. The van der Waals surface area contributed by atoms with Crippen LogP contribution in [0.15, 0.2) is 24.3 Å². The third-order valence-electron chi connectivity index (χ3n) is 3.27. The average Bonchev–Trinajstić information content (AvgIpc) is 2.81. The number of fused-ring (bicyclic) bond motifs is 1. The van der Waals surface area contributed by atoms with Crippen LogP contribution >= 0.6 is 0 Å². The highest BCUT2D eigenvalue weighted by atomic mass is 16.5. The smallest absolute Gasteiger partial charge is 0.264 e. The largest absolute Gasteiger partial charge is 0.480 e. The average molecular weight is 246 g/mol. The van der Waals surface area contributed by atoms with Gasteiger partial charge in [0, 0.05) is 19.5 Å². The number of carbonyl (C=O) groups is 2. The summed E-state index contributed by atoms with van der Waals surface area (Å²) < 4.78 is 5.63. The third kappa shape index (κ3) is 1.92. The first-order valence-corrected chi connectivity index (χ1v) is 6.04. The van der Waals surface area contributed by atoms with E-state index in [0.717, 1.165) is 11.3 Å². The number of piperazine rings is 1. The van der Waals surface area contributed by atoms with E-state index in [4.69, 9.17) is 4.74 Å².